The summed E-state index contributed by atoms with van der Waals surface area (Å²) < 4.78 is 2.87. The summed E-state index contributed by atoms with van der Waals surface area (Å²) in [5, 5.41) is 1.01. The second-order valence-electron chi connectivity index (χ2n) is 5.98. The van der Waals surface area contributed by atoms with Gasteiger partial charge >= 0.3 is 0 Å². The fourth-order valence-corrected chi connectivity index (χ4v) is 3.28. The zero-order valence-corrected chi connectivity index (χ0v) is 13.3. The van der Waals surface area contributed by atoms with Crippen LogP contribution in [0.4, 0.5) is 0 Å². The van der Waals surface area contributed by atoms with Crippen LogP contribution in [0.3, 0.4) is 0 Å². The van der Waals surface area contributed by atoms with E-state index >= 15 is 0 Å². The molecule has 6 heteroatoms. The minimum Gasteiger partial charge on any atom is -0.268 e. The molecular weight excluding hydrogens is 316 g/mol. The zero-order chi connectivity index (χ0) is 17.1. The second kappa shape index (κ2) is 4.73. The second-order valence-corrected chi connectivity index (χ2v) is 5.98. The van der Waals surface area contributed by atoms with Gasteiger partial charge in [-0.2, -0.15) is 0 Å². The third kappa shape index (κ3) is 1.79. The standard InChI is InChI=1S/C19H12N4O2/c1-11-10-16-20-14-8-4-2-6-12(14)18(25)23(16)19-21-15-9-5-3-7-13(15)17(24)22(11)19/h2-10H,1H3. The van der Waals surface area contributed by atoms with Crippen LogP contribution in [0, 0.1) is 6.92 Å². The van der Waals surface area contributed by atoms with E-state index in [0.717, 1.165) is 0 Å². The van der Waals surface area contributed by atoms with Crippen molar-refractivity contribution >= 4 is 33.2 Å². The van der Waals surface area contributed by atoms with Crippen molar-refractivity contribution in [1.82, 2.24) is 18.8 Å². The number of rotatable bonds is 0. The topological polar surface area (TPSA) is 68.7 Å². The minimum absolute atomic E-state index is 0.194. The van der Waals surface area contributed by atoms with Crippen molar-refractivity contribution in [1.29, 1.82) is 0 Å². The molecule has 0 saturated heterocycles. The maximum Gasteiger partial charge on any atom is 0.268 e. The molecule has 0 unspecified atom stereocenters. The summed E-state index contributed by atoms with van der Waals surface area (Å²) in [6, 6.07) is 16.0. The number of benzene rings is 2. The van der Waals surface area contributed by atoms with Gasteiger partial charge in [0.2, 0.25) is 5.78 Å². The van der Waals surface area contributed by atoms with E-state index in [-0.39, 0.29) is 16.9 Å². The Hall–Kier alpha value is -3.54. The van der Waals surface area contributed by atoms with Crippen LogP contribution in [-0.4, -0.2) is 18.8 Å². The normalized spacial score (nSPS) is 11.7. The molecule has 0 aliphatic carbocycles. The molecule has 5 aromatic rings. The van der Waals surface area contributed by atoms with E-state index in [1.54, 1.807) is 42.5 Å². The van der Waals surface area contributed by atoms with E-state index in [2.05, 4.69) is 9.97 Å². The van der Waals surface area contributed by atoms with Gasteiger partial charge in [0.15, 0.2) is 0 Å². The fourth-order valence-electron chi connectivity index (χ4n) is 3.28. The molecule has 0 amide bonds. The molecular formula is C19H12N4O2. The van der Waals surface area contributed by atoms with Gasteiger partial charge in [-0.1, -0.05) is 24.3 Å². The molecule has 3 heterocycles. The molecule has 120 valence electrons. The zero-order valence-electron chi connectivity index (χ0n) is 13.3. The first-order chi connectivity index (χ1) is 12.1. The number of aryl methyl sites for hydroxylation is 1. The van der Waals surface area contributed by atoms with Crippen molar-refractivity contribution in [3.8, 4) is 0 Å². The molecule has 2 aromatic carbocycles. The summed E-state index contributed by atoms with van der Waals surface area (Å²) in [5.74, 6) is 0.280. The molecule has 3 aromatic heterocycles. The minimum atomic E-state index is -0.236. The largest absolute Gasteiger partial charge is 0.268 e. The molecule has 0 atom stereocenters. The molecule has 0 aliphatic heterocycles. The average Bonchev–Trinajstić information content (AvgIpc) is 2.61. The summed E-state index contributed by atoms with van der Waals surface area (Å²) in [6.45, 7) is 1.81. The maximum atomic E-state index is 13.0. The van der Waals surface area contributed by atoms with E-state index < -0.39 is 0 Å². The Morgan fingerprint density at radius 2 is 1.32 bits per heavy atom. The van der Waals surface area contributed by atoms with Gasteiger partial charge < -0.3 is 0 Å². The van der Waals surface area contributed by atoms with Gasteiger partial charge in [0, 0.05) is 11.8 Å². The van der Waals surface area contributed by atoms with Crippen LogP contribution in [-0.2, 0) is 0 Å². The first kappa shape index (κ1) is 13.9. The van der Waals surface area contributed by atoms with E-state index in [1.807, 2.05) is 19.1 Å². The van der Waals surface area contributed by atoms with E-state index in [4.69, 9.17) is 0 Å². The lowest BCUT2D eigenvalue weighted by molar-refractivity contribution is 0.927. The first-order valence-corrected chi connectivity index (χ1v) is 7.88. The summed E-state index contributed by atoms with van der Waals surface area (Å²) in [5.41, 5.74) is 1.91. The highest BCUT2D eigenvalue weighted by molar-refractivity contribution is 5.82. The SMILES string of the molecule is Cc1cc2nc3ccccc3c(=O)n2c2nc3ccccc3c(=O)n12. The number of nitrogens with zero attached hydrogens (tertiary/aromatic N) is 4. The van der Waals surface area contributed by atoms with E-state index in [9.17, 15) is 9.59 Å². The van der Waals surface area contributed by atoms with E-state index in [1.165, 1.54) is 8.80 Å². The van der Waals surface area contributed by atoms with Crippen LogP contribution in [0.25, 0.3) is 33.2 Å². The highest BCUT2D eigenvalue weighted by Gasteiger charge is 2.14. The van der Waals surface area contributed by atoms with Gasteiger partial charge in [0.25, 0.3) is 11.1 Å². The maximum absolute atomic E-state index is 13.0. The van der Waals surface area contributed by atoms with Crippen molar-refractivity contribution < 1.29 is 0 Å². The molecule has 5 rings (SSSR count). The summed E-state index contributed by atoms with van der Waals surface area (Å²) >= 11 is 0. The molecule has 0 saturated carbocycles. The Morgan fingerprint density at radius 3 is 2.00 bits per heavy atom. The highest BCUT2D eigenvalue weighted by atomic mass is 16.1. The van der Waals surface area contributed by atoms with Gasteiger partial charge in [0.05, 0.1) is 21.8 Å². The highest BCUT2D eigenvalue weighted by Crippen LogP contribution is 2.14. The molecule has 6 nitrogen and oxygen atoms in total. The predicted molar refractivity (Wildman–Crippen MR) is 96.2 cm³/mol. The van der Waals surface area contributed by atoms with Gasteiger partial charge in [-0.05, 0) is 31.2 Å². The van der Waals surface area contributed by atoms with Crippen LogP contribution in [0.5, 0.6) is 0 Å². The van der Waals surface area contributed by atoms with Crippen molar-refractivity contribution in [3.63, 3.8) is 0 Å². The Balaban J connectivity index is 2.16. The van der Waals surface area contributed by atoms with Gasteiger partial charge in [0.1, 0.15) is 5.65 Å². The number of hydrogen-bond donors (Lipinski definition) is 0. The Morgan fingerprint density at radius 1 is 0.760 bits per heavy atom. The third-order valence-electron chi connectivity index (χ3n) is 4.45. The monoisotopic (exact) mass is 328 g/mol. The van der Waals surface area contributed by atoms with Crippen LogP contribution >= 0.6 is 0 Å². The van der Waals surface area contributed by atoms with Crippen molar-refractivity contribution in [2.45, 2.75) is 6.92 Å². The van der Waals surface area contributed by atoms with Crippen molar-refractivity contribution in [2.24, 2.45) is 0 Å². The quantitative estimate of drug-likeness (QED) is 0.323. The number of para-hydroxylation sites is 2. The Labute approximate surface area is 140 Å². The molecule has 25 heavy (non-hydrogen) atoms. The molecule has 0 fully saturated rings. The molecule has 0 spiro atoms. The van der Waals surface area contributed by atoms with Crippen LogP contribution in [0.15, 0.2) is 64.2 Å². The van der Waals surface area contributed by atoms with Crippen molar-refractivity contribution in [2.75, 3.05) is 0 Å². The van der Waals surface area contributed by atoms with Gasteiger partial charge in [-0.3, -0.25) is 9.59 Å². The number of hydrogen-bond acceptors (Lipinski definition) is 4. The smallest absolute Gasteiger partial charge is 0.268 e. The predicted octanol–water partition coefficient (Wildman–Crippen LogP) is 2.32. The number of fused-ring (bicyclic) bond motifs is 5. The Kier molecular flexibility index (Phi) is 2.62. The third-order valence-corrected chi connectivity index (χ3v) is 4.45. The molecule has 0 N–H and O–H groups in total. The molecule has 0 bridgehead atoms. The summed E-state index contributed by atoms with van der Waals surface area (Å²) in [4.78, 5) is 35.1. The van der Waals surface area contributed by atoms with Crippen LogP contribution < -0.4 is 11.1 Å². The lowest BCUT2D eigenvalue weighted by Gasteiger charge is -2.11. The lowest BCUT2D eigenvalue weighted by Crippen LogP contribution is -2.25. The lowest BCUT2D eigenvalue weighted by atomic mass is 10.2. The van der Waals surface area contributed by atoms with Gasteiger partial charge in [-0.15, -0.1) is 0 Å². The molecule has 0 aliphatic rings. The summed E-state index contributed by atoms with van der Waals surface area (Å²) in [7, 11) is 0. The summed E-state index contributed by atoms with van der Waals surface area (Å²) in [6.07, 6.45) is 0. The Bertz CT molecular complexity index is 1450. The van der Waals surface area contributed by atoms with Crippen molar-refractivity contribution in [3.05, 3.63) is 81.0 Å². The van der Waals surface area contributed by atoms with Gasteiger partial charge in [-0.25, -0.2) is 18.8 Å². The molecule has 0 radical (unpaired) electrons. The van der Waals surface area contributed by atoms with E-state index in [0.29, 0.717) is 33.1 Å². The van der Waals surface area contributed by atoms with Crippen LogP contribution in [0.1, 0.15) is 5.69 Å². The van der Waals surface area contributed by atoms with Crippen LogP contribution in [0.2, 0.25) is 0 Å². The average molecular weight is 328 g/mol. The fraction of sp³-hybridized carbons (Fsp3) is 0.0526. The number of aromatic nitrogens is 4. The first-order valence-electron chi connectivity index (χ1n) is 7.88.